The highest BCUT2D eigenvalue weighted by molar-refractivity contribution is 5.55. The number of nitrogens with zero attached hydrogens (tertiary/aromatic N) is 3. The molecule has 0 saturated heterocycles. The van der Waals surface area contributed by atoms with E-state index in [-0.39, 0.29) is 0 Å². The molecule has 5 nitrogen and oxygen atoms in total. The summed E-state index contributed by atoms with van der Waals surface area (Å²) >= 11 is 0. The van der Waals surface area contributed by atoms with Gasteiger partial charge >= 0.3 is 6.01 Å². The topological polar surface area (TPSA) is 54.2 Å². The van der Waals surface area contributed by atoms with Gasteiger partial charge in [-0.3, -0.25) is 4.90 Å². The first-order chi connectivity index (χ1) is 9.70. The van der Waals surface area contributed by atoms with Gasteiger partial charge in [0.15, 0.2) is 0 Å². The summed E-state index contributed by atoms with van der Waals surface area (Å²) in [7, 11) is 0. The smallest absolute Gasteiger partial charge is 0.322 e. The third kappa shape index (κ3) is 3.81. The SMILES string of the molecule is CCN(c1ccccc1)c1nnc(CNCC(C)C)o1. The molecule has 5 heteroatoms. The van der Waals surface area contributed by atoms with Crippen LogP contribution in [0.1, 0.15) is 26.7 Å². The summed E-state index contributed by atoms with van der Waals surface area (Å²) in [5.41, 5.74) is 1.06. The molecule has 0 radical (unpaired) electrons. The van der Waals surface area contributed by atoms with Crippen molar-refractivity contribution in [3.8, 4) is 0 Å². The molecule has 0 aliphatic rings. The minimum Gasteiger partial charge on any atom is -0.406 e. The zero-order valence-corrected chi connectivity index (χ0v) is 12.3. The predicted molar refractivity (Wildman–Crippen MR) is 80.0 cm³/mol. The van der Waals surface area contributed by atoms with Gasteiger partial charge in [-0.1, -0.05) is 37.1 Å². The molecule has 1 heterocycles. The zero-order valence-electron chi connectivity index (χ0n) is 12.3. The summed E-state index contributed by atoms with van der Waals surface area (Å²) in [5.74, 6) is 1.23. The molecule has 0 atom stereocenters. The van der Waals surface area contributed by atoms with E-state index in [2.05, 4.69) is 36.3 Å². The lowest BCUT2D eigenvalue weighted by molar-refractivity contribution is 0.453. The van der Waals surface area contributed by atoms with Crippen molar-refractivity contribution < 1.29 is 4.42 Å². The molecule has 1 N–H and O–H groups in total. The molecule has 0 unspecified atom stereocenters. The summed E-state index contributed by atoms with van der Waals surface area (Å²) in [6.07, 6.45) is 0. The maximum Gasteiger partial charge on any atom is 0.322 e. The first kappa shape index (κ1) is 14.5. The summed E-state index contributed by atoms with van der Waals surface area (Å²) in [5, 5.41) is 11.5. The lowest BCUT2D eigenvalue weighted by Crippen LogP contribution is -2.19. The number of hydrogen-bond acceptors (Lipinski definition) is 5. The van der Waals surface area contributed by atoms with E-state index in [1.807, 2.05) is 35.2 Å². The fourth-order valence-electron chi connectivity index (χ4n) is 1.93. The summed E-state index contributed by atoms with van der Waals surface area (Å²) in [6.45, 7) is 8.73. The Balaban J connectivity index is 2.03. The van der Waals surface area contributed by atoms with Gasteiger partial charge in [0.25, 0.3) is 0 Å². The molecule has 0 fully saturated rings. The van der Waals surface area contributed by atoms with E-state index in [1.54, 1.807) is 0 Å². The van der Waals surface area contributed by atoms with Crippen LogP contribution in [0.15, 0.2) is 34.7 Å². The summed E-state index contributed by atoms with van der Waals surface area (Å²) in [4.78, 5) is 2.00. The van der Waals surface area contributed by atoms with Crippen LogP contribution in [0.2, 0.25) is 0 Å². The van der Waals surface area contributed by atoms with E-state index in [0.717, 1.165) is 18.8 Å². The normalized spacial score (nSPS) is 11.0. The summed E-state index contributed by atoms with van der Waals surface area (Å²) in [6, 6.07) is 10.6. The maximum atomic E-state index is 5.71. The van der Waals surface area contributed by atoms with Crippen molar-refractivity contribution in [2.24, 2.45) is 5.92 Å². The number of para-hydroxylation sites is 1. The van der Waals surface area contributed by atoms with Gasteiger partial charge in [-0.2, -0.15) is 0 Å². The van der Waals surface area contributed by atoms with Crippen molar-refractivity contribution >= 4 is 11.7 Å². The number of benzene rings is 1. The molecule has 108 valence electrons. The Morgan fingerprint density at radius 3 is 2.60 bits per heavy atom. The monoisotopic (exact) mass is 274 g/mol. The molecule has 0 aliphatic heterocycles. The average molecular weight is 274 g/mol. The number of rotatable bonds is 7. The van der Waals surface area contributed by atoms with Crippen LogP contribution in [-0.4, -0.2) is 23.3 Å². The van der Waals surface area contributed by atoms with Gasteiger partial charge < -0.3 is 9.73 Å². The van der Waals surface area contributed by atoms with Gasteiger partial charge in [0.1, 0.15) is 0 Å². The summed E-state index contributed by atoms with van der Waals surface area (Å²) < 4.78 is 5.71. The second kappa shape index (κ2) is 7.05. The molecule has 0 amide bonds. The van der Waals surface area contributed by atoms with Crippen molar-refractivity contribution in [1.29, 1.82) is 0 Å². The Morgan fingerprint density at radius 2 is 1.95 bits per heavy atom. The van der Waals surface area contributed by atoms with Gasteiger partial charge in [0.2, 0.25) is 5.89 Å². The Bertz CT molecular complexity index is 510. The molecular formula is C15H22N4O. The Hall–Kier alpha value is -1.88. The molecule has 0 bridgehead atoms. The fraction of sp³-hybridized carbons (Fsp3) is 0.467. The highest BCUT2D eigenvalue weighted by Crippen LogP contribution is 2.23. The van der Waals surface area contributed by atoms with E-state index in [0.29, 0.717) is 24.4 Å². The molecule has 0 aliphatic carbocycles. The highest BCUT2D eigenvalue weighted by Gasteiger charge is 2.14. The van der Waals surface area contributed by atoms with Crippen LogP contribution in [0.25, 0.3) is 0 Å². The van der Waals surface area contributed by atoms with Gasteiger partial charge in [-0.15, -0.1) is 5.10 Å². The number of nitrogens with one attached hydrogen (secondary N) is 1. The van der Waals surface area contributed by atoms with Gasteiger partial charge in [0, 0.05) is 12.2 Å². The average Bonchev–Trinajstić information content (AvgIpc) is 2.89. The number of hydrogen-bond donors (Lipinski definition) is 1. The lowest BCUT2D eigenvalue weighted by atomic mass is 10.2. The second-order valence-corrected chi connectivity index (χ2v) is 5.08. The third-order valence-electron chi connectivity index (χ3n) is 2.90. The zero-order chi connectivity index (χ0) is 14.4. The van der Waals surface area contributed by atoms with E-state index < -0.39 is 0 Å². The van der Waals surface area contributed by atoms with Crippen molar-refractivity contribution in [2.75, 3.05) is 18.0 Å². The molecule has 1 aromatic heterocycles. The number of anilines is 2. The number of aromatic nitrogens is 2. The third-order valence-corrected chi connectivity index (χ3v) is 2.90. The van der Waals surface area contributed by atoms with Crippen molar-refractivity contribution in [3.63, 3.8) is 0 Å². The van der Waals surface area contributed by atoms with Crippen molar-refractivity contribution in [3.05, 3.63) is 36.2 Å². The van der Waals surface area contributed by atoms with Crippen LogP contribution in [-0.2, 0) is 6.54 Å². The molecule has 2 rings (SSSR count). The lowest BCUT2D eigenvalue weighted by Gasteiger charge is -2.17. The first-order valence-electron chi connectivity index (χ1n) is 7.06. The van der Waals surface area contributed by atoms with Gasteiger partial charge in [-0.25, -0.2) is 0 Å². The quantitative estimate of drug-likeness (QED) is 0.841. The van der Waals surface area contributed by atoms with E-state index in [1.165, 1.54) is 0 Å². The largest absolute Gasteiger partial charge is 0.406 e. The van der Waals surface area contributed by atoms with Crippen LogP contribution in [0.4, 0.5) is 11.7 Å². The van der Waals surface area contributed by atoms with E-state index in [4.69, 9.17) is 4.42 Å². The molecule has 0 spiro atoms. The minimum absolute atomic E-state index is 0.542. The highest BCUT2D eigenvalue weighted by atomic mass is 16.4. The fourth-order valence-corrected chi connectivity index (χ4v) is 1.93. The Morgan fingerprint density at radius 1 is 1.20 bits per heavy atom. The Labute approximate surface area is 120 Å². The van der Waals surface area contributed by atoms with Crippen molar-refractivity contribution in [2.45, 2.75) is 27.3 Å². The van der Waals surface area contributed by atoms with Crippen LogP contribution in [0, 0.1) is 5.92 Å². The molecule has 20 heavy (non-hydrogen) atoms. The van der Waals surface area contributed by atoms with Crippen LogP contribution in [0.3, 0.4) is 0 Å². The van der Waals surface area contributed by atoms with Crippen LogP contribution >= 0.6 is 0 Å². The minimum atomic E-state index is 0.542. The first-order valence-corrected chi connectivity index (χ1v) is 7.06. The van der Waals surface area contributed by atoms with Gasteiger partial charge in [-0.05, 0) is 31.5 Å². The van der Waals surface area contributed by atoms with Gasteiger partial charge in [0.05, 0.1) is 6.54 Å². The van der Waals surface area contributed by atoms with Crippen LogP contribution in [0.5, 0.6) is 0 Å². The standard InChI is InChI=1S/C15H22N4O/c1-4-19(13-8-6-5-7-9-13)15-18-17-14(20-15)11-16-10-12(2)3/h5-9,12,16H,4,10-11H2,1-3H3. The predicted octanol–water partition coefficient (Wildman–Crippen LogP) is 2.97. The second-order valence-electron chi connectivity index (χ2n) is 5.08. The van der Waals surface area contributed by atoms with Crippen LogP contribution < -0.4 is 10.2 Å². The van der Waals surface area contributed by atoms with Crippen molar-refractivity contribution in [1.82, 2.24) is 15.5 Å². The maximum absolute atomic E-state index is 5.71. The molecule has 1 aromatic carbocycles. The molecular weight excluding hydrogens is 252 g/mol. The van der Waals surface area contributed by atoms with E-state index in [9.17, 15) is 0 Å². The molecule has 0 saturated carbocycles. The Kier molecular flexibility index (Phi) is 5.12. The van der Waals surface area contributed by atoms with E-state index >= 15 is 0 Å². The molecule has 2 aromatic rings.